The van der Waals surface area contributed by atoms with Gasteiger partial charge in [0.25, 0.3) is 0 Å². The number of pyridine rings is 2. The molecule has 0 aliphatic rings. The summed E-state index contributed by atoms with van der Waals surface area (Å²) in [6, 6.07) is 42.2. The van der Waals surface area contributed by atoms with E-state index in [0.717, 1.165) is 61.5 Å². The molecule has 7 aromatic rings. The fraction of sp³-hybridized carbons (Fsp3) is 0. The fourth-order valence-electron chi connectivity index (χ4n) is 5.09. The van der Waals surface area contributed by atoms with Gasteiger partial charge in [0.05, 0.1) is 11.0 Å². The van der Waals surface area contributed by atoms with Crippen molar-refractivity contribution in [3.63, 3.8) is 0 Å². The van der Waals surface area contributed by atoms with Gasteiger partial charge in [-0.05, 0) is 82.9 Å². The van der Waals surface area contributed by atoms with E-state index in [1.54, 1.807) is 12.4 Å². The number of aromatic nitrogens is 4. The van der Waals surface area contributed by atoms with Crippen molar-refractivity contribution in [2.45, 2.75) is 0 Å². The zero-order chi connectivity index (χ0) is 26.0. The van der Waals surface area contributed by atoms with Crippen molar-refractivity contribution >= 4 is 11.0 Å². The highest BCUT2D eigenvalue weighted by Gasteiger charge is 2.15. The monoisotopic (exact) mass is 500 g/mol. The maximum absolute atomic E-state index is 5.07. The Morgan fingerprint density at radius 2 is 1.00 bits per heavy atom. The second kappa shape index (κ2) is 9.84. The lowest BCUT2D eigenvalue weighted by atomic mass is 9.93. The summed E-state index contributed by atoms with van der Waals surface area (Å²) in [4.78, 5) is 13.8. The third-order valence-corrected chi connectivity index (χ3v) is 6.95. The standard InChI is InChI=1S/C35H24N4/c1-2-13-32(14-3-1)39-34-16-5-4-15-33(34)38-35(39)26-10-6-9-25(19-26)29-20-30(27-11-7-17-36-23-27)22-31(21-29)28-12-8-18-37-24-28/h1-24H. The summed E-state index contributed by atoms with van der Waals surface area (Å²) < 4.78 is 2.24. The second-order valence-corrected chi connectivity index (χ2v) is 9.46. The Morgan fingerprint density at radius 3 is 1.67 bits per heavy atom. The highest BCUT2D eigenvalue weighted by Crippen LogP contribution is 2.35. The first-order valence-electron chi connectivity index (χ1n) is 12.9. The minimum absolute atomic E-state index is 0.917. The molecule has 0 saturated carbocycles. The lowest BCUT2D eigenvalue weighted by Crippen LogP contribution is -1.97. The minimum atomic E-state index is 0.917. The molecular formula is C35H24N4. The van der Waals surface area contributed by atoms with Gasteiger partial charge in [0, 0.05) is 47.2 Å². The Labute approximate surface area is 226 Å². The third-order valence-electron chi connectivity index (χ3n) is 6.95. The van der Waals surface area contributed by atoms with Gasteiger partial charge in [0.15, 0.2) is 0 Å². The zero-order valence-corrected chi connectivity index (χ0v) is 21.1. The summed E-state index contributed by atoms with van der Waals surface area (Å²) in [5.74, 6) is 0.917. The van der Waals surface area contributed by atoms with Gasteiger partial charge in [-0.1, -0.05) is 60.7 Å². The van der Waals surface area contributed by atoms with Crippen LogP contribution >= 0.6 is 0 Å². The first kappa shape index (κ1) is 22.8. The molecule has 0 atom stereocenters. The van der Waals surface area contributed by atoms with E-state index in [1.165, 1.54) is 0 Å². The molecule has 0 aliphatic heterocycles. The number of nitrogens with zero attached hydrogens (tertiary/aromatic N) is 4. The Morgan fingerprint density at radius 1 is 0.436 bits per heavy atom. The maximum atomic E-state index is 5.07. The van der Waals surface area contributed by atoms with E-state index in [1.807, 2.05) is 36.7 Å². The van der Waals surface area contributed by atoms with Gasteiger partial charge >= 0.3 is 0 Å². The average molecular weight is 501 g/mol. The maximum Gasteiger partial charge on any atom is 0.145 e. The quantitative estimate of drug-likeness (QED) is 0.238. The van der Waals surface area contributed by atoms with E-state index in [-0.39, 0.29) is 0 Å². The minimum Gasteiger partial charge on any atom is -0.292 e. The van der Waals surface area contributed by atoms with Gasteiger partial charge in [0.1, 0.15) is 5.82 Å². The summed E-state index contributed by atoms with van der Waals surface area (Å²) in [7, 11) is 0. The average Bonchev–Trinajstić information content (AvgIpc) is 3.42. The van der Waals surface area contributed by atoms with Crippen molar-refractivity contribution in [1.29, 1.82) is 0 Å². The van der Waals surface area contributed by atoms with Crippen LogP contribution in [0.15, 0.2) is 146 Å². The molecule has 0 fully saturated rings. The molecule has 3 heterocycles. The summed E-state index contributed by atoms with van der Waals surface area (Å²) in [5, 5.41) is 0. The molecule has 3 aromatic heterocycles. The number of fused-ring (bicyclic) bond motifs is 1. The van der Waals surface area contributed by atoms with E-state index in [4.69, 9.17) is 4.98 Å². The molecule has 0 bridgehead atoms. The van der Waals surface area contributed by atoms with E-state index in [0.29, 0.717) is 0 Å². The van der Waals surface area contributed by atoms with Crippen molar-refractivity contribution < 1.29 is 0 Å². The molecule has 0 N–H and O–H groups in total. The van der Waals surface area contributed by atoms with Crippen LogP contribution in [0.4, 0.5) is 0 Å². The van der Waals surface area contributed by atoms with Crippen molar-refractivity contribution in [3.05, 3.63) is 146 Å². The number of para-hydroxylation sites is 3. The predicted molar refractivity (Wildman–Crippen MR) is 158 cm³/mol. The Hall–Kier alpha value is -5.35. The Bertz CT molecular complexity index is 1830. The van der Waals surface area contributed by atoms with Crippen LogP contribution in [0.25, 0.3) is 61.5 Å². The first-order chi connectivity index (χ1) is 19.3. The van der Waals surface area contributed by atoms with Crippen molar-refractivity contribution in [2.24, 2.45) is 0 Å². The van der Waals surface area contributed by atoms with Crippen LogP contribution in [0.3, 0.4) is 0 Å². The molecule has 0 amide bonds. The molecule has 184 valence electrons. The van der Waals surface area contributed by atoms with Crippen LogP contribution in [-0.4, -0.2) is 19.5 Å². The van der Waals surface area contributed by atoms with Gasteiger partial charge in [-0.25, -0.2) is 4.98 Å². The van der Waals surface area contributed by atoms with Crippen LogP contribution in [0.1, 0.15) is 0 Å². The van der Waals surface area contributed by atoms with Crippen LogP contribution in [-0.2, 0) is 0 Å². The summed E-state index contributed by atoms with van der Waals surface area (Å²) in [5.41, 5.74) is 10.8. The van der Waals surface area contributed by atoms with Crippen molar-refractivity contribution in [1.82, 2.24) is 19.5 Å². The number of hydrogen-bond acceptors (Lipinski definition) is 3. The van der Waals surface area contributed by atoms with E-state index >= 15 is 0 Å². The smallest absolute Gasteiger partial charge is 0.145 e. The van der Waals surface area contributed by atoms with Gasteiger partial charge < -0.3 is 0 Å². The molecular weight excluding hydrogens is 476 g/mol. The number of imidazole rings is 1. The number of hydrogen-bond donors (Lipinski definition) is 0. The fourth-order valence-corrected chi connectivity index (χ4v) is 5.09. The molecule has 4 heteroatoms. The van der Waals surface area contributed by atoms with Crippen LogP contribution < -0.4 is 0 Å². The van der Waals surface area contributed by atoms with E-state index in [9.17, 15) is 0 Å². The summed E-state index contributed by atoms with van der Waals surface area (Å²) in [6.45, 7) is 0. The largest absolute Gasteiger partial charge is 0.292 e. The molecule has 0 spiro atoms. The van der Waals surface area contributed by atoms with Gasteiger partial charge in [-0.3, -0.25) is 14.5 Å². The molecule has 39 heavy (non-hydrogen) atoms. The summed E-state index contributed by atoms with van der Waals surface area (Å²) in [6.07, 6.45) is 7.42. The molecule has 7 rings (SSSR count). The molecule has 4 aromatic carbocycles. The summed E-state index contributed by atoms with van der Waals surface area (Å²) >= 11 is 0. The predicted octanol–water partition coefficient (Wildman–Crippen LogP) is 8.48. The Balaban J connectivity index is 1.41. The zero-order valence-electron chi connectivity index (χ0n) is 21.1. The normalized spacial score (nSPS) is 11.1. The Kier molecular flexibility index (Phi) is 5.76. The molecule has 0 radical (unpaired) electrons. The molecule has 0 unspecified atom stereocenters. The van der Waals surface area contributed by atoms with Gasteiger partial charge in [0.2, 0.25) is 0 Å². The number of rotatable bonds is 5. The van der Waals surface area contributed by atoms with Crippen molar-refractivity contribution in [3.8, 4) is 50.5 Å². The second-order valence-electron chi connectivity index (χ2n) is 9.46. The highest BCUT2D eigenvalue weighted by molar-refractivity contribution is 5.85. The first-order valence-corrected chi connectivity index (χ1v) is 12.9. The number of benzene rings is 4. The van der Waals surface area contributed by atoms with Crippen LogP contribution in [0, 0.1) is 0 Å². The lowest BCUT2D eigenvalue weighted by molar-refractivity contribution is 1.10. The SMILES string of the molecule is c1ccc(-n2c(-c3cccc(-c4cc(-c5cccnc5)cc(-c5cccnc5)c4)c3)nc3ccccc32)cc1. The van der Waals surface area contributed by atoms with E-state index in [2.05, 4.69) is 112 Å². The molecule has 0 aliphatic carbocycles. The lowest BCUT2D eigenvalue weighted by Gasteiger charge is -2.13. The molecule has 0 saturated heterocycles. The third kappa shape index (κ3) is 4.38. The topological polar surface area (TPSA) is 43.6 Å². The molecule has 4 nitrogen and oxygen atoms in total. The van der Waals surface area contributed by atoms with Gasteiger partial charge in [-0.15, -0.1) is 0 Å². The van der Waals surface area contributed by atoms with E-state index < -0.39 is 0 Å². The van der Waals surface area contributed by atoms with Crippen molar-refractivity contribution in [2.75, 3.05) is 0 Å². The van der Waals surface area contributed by atoms with Crippen LogP contribution in [0.5, 0.6) is 0 Å². The van der Waals surface area contributed by atoms with Crippen LogP contribution in [0.2, 0.25) is 0 Å². The van der Waals surface area contributed by atoms with Gasteiger partial charge in [-0.2, -0.15) is 0 Å². The highest BCUT2D eigenvalue weighted by atomic mass is 15.1.